The molecule has 6 nitrogen and oxygen atoms in total. The lowest BCUT2D eigenvalue weighted by molar-refractivity contribution is 0.290. The van der Waals surface area contributed by atoms with Gasteiger partial charge in [0.1, 0.15) is 10.9 Å². The molecule has 4 rings (SSSR count). The number of aryl methyl sites for hydroxylation is 1. The van der Waals surface area contributed by atoms with E-state index in [1.54, 1.807) is 6.07 Å². The monoisotopic (exact) mass is 437 g/mol. The van der Waals surface area contributed by atoms with E-state index in [0.29, 0.717) is 30.2 Å². The van der Waals surface area contributed by atoms with Crippen LogP contribution >= 0.6 is 23.2 Å². The normalized spacial score (nSPS) is 17.9. The second-order valence-corrected chi connectivity index (χ2v) is 9.37. The zero-order valence-corrected chi connectivity index (χ0v) is 17.3. The molecule has 0 amide bonds. The van der Waals surface area contributed by atoms with E-state index in [1.807, 2.05) is 31.2 Å². The Bertz CT molecular complexity index is 1110. The van der Waals surface area contributed by atoms with Crippen LogP contribution in [0.25, 0.3) is 11.4 Å². The van der Waals surface area contributed by atoms with Crippen molar-refractivity contribution in [2.45, 2.75) is 30.7 Å². The molecule has 0 saturated carbocycles. The maximum atomic E-state index is 13.2. The molecule has 0 spiro atoms. The fourth-order valence-electron chi connectivity index (χ4n) is 3.27. The highest BCUT2D eigenvalue weighted by Gasteiger charge is 2.40. The topological polar surface area (TPSA) is 76.3 Å². The SMILES string of the molecule is Cc1ccc(-c2noc(C3CCCN3S(=O)(=O)c3cc(Cl)ccc3Cl)n2)cc1. The number of aromatic nitrogens is 2. The Labute approximate surface area is 173 Å². The summed E-state index contributed by atoms with van der Waals surface area (Å²) in [5, 5.41) is 4.46. The summed E-state index contributed by atoms with van der Waals surface area (Å²) in [6.45, 7) is 2.34. The van der Waals surface area contributed by atoms with Gasteiger partial charge in [0.25, 0.3) is 0 Å². The lowest BCUT2D eigenvalue weighted by Gasteiger charge is -2.22. The summed E-state index contributed by atoms with van der Waals surface area (Å²) in [4.78, 5) is 4.43. The fourth-order valence-corrected chi connectivity index (χ4v) is 5.66. The molecular formula is C19H17Cl2N3O3S. The molecule has 2 heterocycles. The molecule has 9 heteroatoms. The van der Waals surface area contributed by atoms with E-state index in [0.717, 1.165) is 11.1 Å². The highest BCUT2D eigenvalue weighted by Crippen LogP contribution is 2.38. The van der Waals surface area contributed by atoms with Crippen molar-refractivity contribution in [1.82, 2.24) is 14.4 Å². The van der Waals surface area contributed by atoms with Crippen LogP contribution in [-0.4, -0.2) is 29.4 Å². The minimum Gasteiger partial charge on any atom is -0.337 e. The van der Waals surface area contributed by atoms with Gasteiger partial charge < -0.3 is 4.52 Å². The van der Waals surface area contributed by atoms with Crippen LogP contribution in [-0.2, 0) is 10.0 Å². The van der Waals surface area contributed by atoms with Crippen LogP contribution in [0.1, 0.15) is 30.3 Å². The Kier molecular flexibility index (Phi) is 5.18. The summed E-state index contributed by atoms with van der Waals surface area (Å²) in [5.41, 5.74) is 1.94. The van der Waals surface area contributed by atoms with Gasteiger partial charge in [-0.05, 0) is 38.0 Å². The number of benzene rings is 2. The second kappa shape index (κ2) is 7.48. The highest BCUT2D eigenvalue weighted by atomic mass is 35.5. The van der Waals surface area contributed by atoms with Crippen LogP contribution in [0.3, 0.4) is 0 Å². The summed E-state index contributed by atoms with van der Waals surface area (Å²) in [5.74, 6) is 0.704. The van der Waals surface area contributed by atoms with Gasteiger partial charge in [-0.1, -0.05) is 58.2 Å². The number of nitrogens with zero attached hydrogens (tertiary/aromatic N) is 3. The summed E-state index contributed by atoms with van der Waals surface area (Å²) in [6.07, 6.45) is 1.28. The van der Waals surface area contributed by atoms with Crippen LogP contribution in [0.5, 0.6) is 0 Å². The smallest absolute Gasteiger partial charge is 0.245 e. The summed E-state index contributed by atoms with van der Waals surface area (Å²) in [6, 6.07) is 11.6. The number of hydrogen-bond acceptors (Lipinski definition) is 5. The predicted molar refractivity (Wildman–Crippen MR) is 107 cm³/mol. The maximum absolute atomic E-state index is 13.2. The molecule has 1 fully saturated rings. The van der Waals surface area contributed by atoms with Gasteiger partial charge in [0.15, 0.2) is 0 Å². The van der Waals surface area contributed by atoms with E-state index in [2.05, 4.69) is 10.1 Å². The first-order valence-electron chi connectivity index (χ1n) is 8.74. The number of rotatable bonds is 4. The van der Waals surface area contributed by atoms with Crippen LogP contribution in [0, 0.1) is 6.92 Å². The molecule has 0 radical (unpaired) electrons. The average Bonchev–Trinajstić information content (AvgIpc) is 3.33. The van der Waals surface area contributed by atoms with Gasteiger partial charge in [-0.15, -0.1) is 0 Å². The van der Waals surface area contributed by atoms with E-state index in [9.17, 15) is 8.42 Å². The Balaban J connectivity index is 1.67. The van der Waals surface area contributed by atoms with Crippen molar-refractivity contribution in [3.8, 4) is 11.4 Å². The van der Waals surface area contributed by atoms with Gasteiger partial charge in [0.05, 0.1) is 5.02 Å². The van der Waals surface area contributed by atoms with Crippen LogP contribution in [0.15, 0.2) is 51.9 Å². The van der Waals surface area contributed by atoms with Crippen molar-refractivity contribution < 1.29 is 12.9 Å². The fraction of sp³-hybridized carbons (Fsp3) is 0.263. The highest BCUT2D eigenvalue weighted by molar-refractivity contribution is 7.89. The first kappa shape index (κ1) is 19.4. The standard InChI is InChI=1S/C19H17Cl2N3O3S/c1-12-4-6-13(7-5-12)18-22-19(27-23-18)16-3-2-10-24(16)28(25,26)17-11-14(20)8-9-15(17)21/h4-9,11,16H,2-3,10H2,1H3. The minimum atomic E-state index is -3.86. The van der Waals surface area contributed by atoms with Gasteiger partial charge in [-0.2, -0.15) is 9.29 Å². The van der Waals surface area contributed by atoms with Gasteiger partial charge >= 0.3 is 0 Å². The quantitative estimate of drug-likeness (QED) is 0.581. The summed E-state index contributed by atoms with van der Waals surface area (Å²) < 4.78 is 33.2. The number of hydrogen-bond donors (Lipinski definition) is 0. The Morgan fingerprint density at radius 2 is 1.89 bits per heavy atom. The van der Waals surface area contributed by atoms with E-state index < -0.39 is 16.1 Å². The molecule has 2 aromatic carbocycles. The molecule has 1 saturated heterocycles. The molecule has 1 aromatic heterocycles. The summed E-state index contributed by atoms with van der Waals surface area (Å²) in [7, 11) is -3.86. The van der Waals surface area contributed by atoms with Crippen molar-refractivity contribution in [2.75, 3.05) is 6.54 Å². The van der Waals surface area contributed by atoms with Crippen molar-refractivity contribution >= 4 is 33.2 Å². The molecule has 28 heavy (non-hydrogen) atoms. The van der Waals surface area contributed by atoms with Gasteiger partial charge in [0.2, 0.25) is 21.7 Å². The lowest BCUT2D eigenvalue weighted by Crippen LogP contribution is -2.31. The van der Waals surface area contributed by atoms with E-state index in [4.69, 9.17) is 27.7 Å². The van der Waals surface area contributed by atoms with Crippen LogP contribution in [0.4, 0.5) is 0 Å². The zero-order chi connectivity index (χ0) is 19.9. The van der Waals surface area contributed by atoms with Crippen LogP contribution < -0.4 is 0 Å². The molecular weight excluding hydrogens is 421 g/mol. The third-order valence-corrected chi connectivity index (χ3v) is 7.34. The number of sulfonamides is 1. The third kappa shape index (κ3) is 3.55. The van der Waals surface area contributed by atoms with Gasteiger partial charge in [-0.3, -0.25) is 0 Å². The zero-order valence-electron chi connectivity index (χ0n) is 15.0. The Morgan fingerprint density at radius 3 is 2.64 bits per heavy atom. The van der Waals surface area contributed by atoms with E-state index in [1.165, 1.54) is 16.4 Å². The average molecular weight is 438 g/mol. The molecule has 3 aromatic rings. The van der Waals surface area contributed by atoms with Crippen molar-refractivity contribution in [1.29, 1.82) is 0 Å². The molecule has 0 aliphatic carbocycles. The maximum Gasteiger partial charge on any atom is 0.245 e. The number of halogens is 2. The molecule has 1 unspecified atom stereocenters. The van der Waals surface area contributed by atoms with Gasteiger partial charge in [0, 0.05) is 17.1 Å². The summed E-state index contributed by atoms with van der Waals surface area (Å²) >= 11 is 12.1. The van der Waals surface area contributed by atoms with Gasteiger partial charge in [-0.25, -0.2) is 8.42 Å². The van der Waals surface area contributed by atoms with Crippen LogP contribution in [0.2, 0.25) is 10.0 Å². The van der Waals surface area contributed by atoms with E-state index >= 15 is 0 Å². The molecule has 1 aliphatic rings. The second-order valence-electron chi connectivity index (χ2n) is 6.67. The molecule has 0 bridgehead atoms. The first-order valence-corrected chi connectivity index (χ1v) is 10.9. The predicted octanol–water partition coefficient (Wildman–Crippen LogP) is 4.88. The molecule has 146 valence electrons. The van der Waals surface area contributed by atoms with E-state index in [-0.39, 0.29) is 15.8 Å². The molecule has 0 N–H and O–H groups in total. The lowest BCUT2D eigenvalue weighted by atomic mass is 10.1. The Morgan fingerprint density at radius 1 is 1.14 bits per heavy atom. The minimum absolute atomic E-state index is 0.0214. The largest absolute Gasteiger partial charge is 0.337 e. The van der Waals surface area contributed by atoms with Crippen molar-refractivity contribution in [3.05, 3.63) is 64.0 Å². The third-order valence-electron chi connectivity index (χ3n) is 4.72. The Hall–Kier alpha value is -1.93. The molecule has 1 aliphatic heterocycles. The molecule has 1 atom stereocenters. The van der Waals surface area contributed by atoms with Crippen molar-refractivity contribution in [2.24, 2.45) is 0 Å². The van der Waals surface area contributed by atoms with Crippen molar-refractivity contribution in [3.63, 3.8) is 0 Å². The first-order chi connectivity index (χ1) is 13.4.